The summed E-state index contributed by atoms with van der Waals surface area (Å²) in [6.07, 6.45) is -0.291. The molecule has 0 amide bonds. The lowest BCUT2D eigenvalue weighted by molar-refractivity contribution is -0.100. The Kier molecular flexibility index (Phi) is 4.68. The van der Waals surface area contributed by atoms with Crippen molar-refractivity contribution in [3.63, 3.8) is 0 Å². The number of anilines is 1. The number of aliphatic imine (C=N–C) groups is 1. The van der Waals surface area contributed by atoms with Crippen LogP contribution < -0.4 is 16.4 Å². The fourth-order valence-corrected chi connectivity index (χ4v) is 2.73. The predicted molar refractivity (Wildman–Crippen MR) is 95.9 cm³/mol. The van der Waals surface area contributed by atoms with Crippen LogP contribution in [0.15, 0.2) is 47.4 Å². The Labute approximate surface area is 154 Å². The van der Waals surface area contributed by atoms with Gasteiger partial charge in [-0.25, -0.2) is 4.99 Å². The lowest BCUT2D eigenvalue weighted by atomic mass is 10.0. The molecule has 2 aromatic rings. The number of guanidine groups is 1. The number of hydrogen-bond donors (Lipinski definition) is 3. The molecule has 3 rings (SSSR count). The van der Waals surface area contributed by atoms with Crippen molar-refractivity contribution in [1.82, 2.24) is 20.1 Å². The summed E-state index contributed by atoms with van der Waals surface area (Å²) in [7, 11) is 0. The summed E-state index contributed by atoms with van der Waals surface area (Å²) < 4.78 is 40.8. The number of pyridine rings is 1. The molecule has 0 radical (unpaired) electrons. The van der Waals surface area contributed by atoms with Gasteiger partial charge in [0, 0.05) is 18.6 Å². The number of nitrogens with two attached hydrogens (primary N) is 1. The molecule has 0 bridgehead atoms. The Hall–Kier alpha value is -2.88. The highest BCUT2D eigenvalue weighted by atomic mass is 19.4. The third-order valence-electron chi connectivity index (χ3n) is 4.23. The Morgan fingerprint density at radius 2 is 2.07 bits per heavy atom. The first-order valence-corrected chi connectivity index (χ1v) is 8.25. The molecule has 10 heteroatoms. The summed E-state index contributed by atoms with van der Waals surface area (Å²) in [5.41, 5.74) is 4.99. The Bertz CT molecular complexity index is 882. The van der Waals surface area contributed by atoms with Gasteiger partial charge in [0.25, 0.3) is 0 Å². The lowest BCUT2D eigenvalue weighted by Crippen LogP contribution is -2.49. The monoisotopic (exact) mass is 379 g/mol. The van der Waals surface area contributed by atoms with Crippen molar-refractivity contribution < 1.29 is 13.2 Å². The van der Waals surface area contributed by atoms with Crippen LogP contribution in [-0.4, -0.2) is 32.6 Å². The highest BCUT2D eigenvalue weighted by molar-refractivity contribution is 5.95. The molecule has 7 nitrogen and oxygen atoms in total. The Balaban J connectivity index is 1.80. The molecule has 0 saturated carbocycles. The molecule has 0 spiro atoms. The molecule has 0 saturated heterocycles. The number of halogens is 3. The fraction of sp³-hybridized carbons (Fsp3) is 0.353. The second-order valence-electron chi connectivity index (χ2n) is 6.47. The van der Waals surface area contributed by atoms with Crippen LogP contribution >= 0.6 is 0 Å². The van der Waals surface area contributed by atoms with E-state index < -0.39 is 17.4 Å². The maximum absolute atomic E-state index is 13.0. The van der Waals surface area contributed by atoms with E-state index in [0.29, 0.717) is 11.4 Å². The zero-order chi connectivity index (χ0) is 19.8. The number of aryl methyl sites for hydroxylation is 1. The van der Waals surface area contributed by atoms with Crippen LogP contribution in [0, 0.1) is 6.92 Å². The maximum Gasteiger partial charge on any atom is 0.417 e. The normalized spacial score (nSPS) is 21.1. The van der Waals surface area contributed by atoms with Crippen molar-refractivity contribution in [2.24, 2.45) is 10.7 Å². The van der Waals surface area contributed by atoms with Gasteiger partial charge in [0.05, 0.1) is 28.7 Å². The van der Waals surface area contributed by atoms with Gasteiger partial charge in [0.15, 0.2) is 0 Å². The molecular weight excluding hydrogens is 359 g/mol. The number of rotatable bonds is 3. The van der Waals surface area contributed by atoms with E-state index in [1.807, 2.05) is 25.1 Å². The summed E-state index contributed by atoms with van der Waals surface area (Å²) in [5.74, 6) is 0.112. The van der Waals surface area contributed by atoms with Gasteiger partial charge < -0.3 is 16.4 Å². The topological polar surface area (TPSA) is 93.2 Å². The van der Waals surface area contributed by atoms with Crippen molar-refractivity contribution in [2.45, 2.75) is 38.7 Å². The summed E-state index contributed by atoms with van der Waals surface area (Å²) in [6, 6.07) is 5.50. The number of hydrogen-bond acceptors (Lipinski definition) is 6. The molecule has 1 aliphatic rings. The zero-order valence-electron chi connectivity index (χ0n) is 15.0. The van der Waals surface area contributed by atoms with Crippen molar-refractivity contribution in [3.05, 3.63) is 53.8 Å². The summed E-state index contributed by atoms with van der Waals surface area (Å²) in [5, 5.41) is 9.90. The molecule has 2 unspecified atom stereocenters. The second kappa shape index (κ2) is 6.69. The highest BCUT2D eigenvalue weighted by Gasteiger charge is 2.45. The van der Waals surface area contributed by atoms with E-state index in [2.05, 4.69) is 25.7 Å². The summed E-state index contributed by atoms with van der Waals surface area (Å²) in [4.78, 5) is 8.26. The zero-order valence-corrected chi connectivity index (χ0v) is 15.0. The average molecular weight is 379 g/mol. The lowest BCUT2D eigenvalue weighted by Gasteiger charge is -2.30. The van der Waals surface area contributed by atoms with Gasteiger partial charge in [-0.1, -0.05) is 6.07 Å². The van der Waals surface area contributed by atoms with Crippen LogP contribution in [-0.2, 0) is 0 Å². The summed E-state index contributed by atoms with van der Waals surface area (Å²) in [6.45, 7) is 4.94. The molecule has 144 valence electrons. The first kappa shape index (κ1) is 18.9. The molecule has 2 aromatic heterocycles. The fourth-order valence-electron chi connectivity index (χ4n) is 2.73. The van der Waals surface area contributed by atoms with E-state index >= 15 is 0 Å². The molecule has 2 atom stereocenters. The van der Waals surface area contributed by atoms with E-state index in [4.69, 9.17) is 5.73 Å². The highest BCUT2D eigenvalue weighted by Crippen LogP contribution is 2.34. The van der Waals surface area contributed by atoms with Gasteiger partial charge in [0.2, 0.25) is 5.96 Å². The second-order valence-corrected chi connectivity index (χ2v) is 6.47. The number of nitrogens with zero attached hydrogens (tertiary/aromatic N) is 4. The molecule has 0 aromatic carbocycles. The van der Waals surface area contributed by atoms with Gasteiger partial charge in [-0.15, -0.1) is 0 Å². The van der Waals surface area contributed by atoms with Gasteiger partial charge in [-0.3, -0.25) is 9.67 Å². The van der Waals surface area contributed by atoms with Crippen molar-refractivity contribution >= 4 is 11.6 Å². The number of aromatic nitrogens is 3. The molecule has 4 N–H and O–H groups in total. The standard InChI is InChI=1S/C17H20F3N7/c1-10-13(9-27(26-10)11(2)12-6-4-5-7-22-12)24-15-23-8-14(17(18,19)20)16(3,21)25-15/h4-9,11H,21H2,1-3H3,(H2,23,24,25). The van der Waals surface area contributed by atoms with Gasteiger partial charge in [0.1, 0.15) is 5.66 Å². The van der Waals surface area contributed by atoms with Gasteiger partial charge in [-0.2, -0.15) is 18.3 Å². The molecule has 1 aliphatic heterocycles. The van der Waals surface area contributed by atoms with Crippen LogP contribution in [0.4, 0.5) is 18.9 Å². The third kappa shape index (κ3) is 3.95. The van der Waals surface area contributed by atoms with E-state index in [0.717, 1.165) is 11.9 Å². The molecule has 0 aliphatic carbocycles. The van der Waals surface area contributed by atoms with E-state index in [-0.39, 0.29) is 12.0 Å². The first-order valence-electron chi connectivity index (χ1n) is 8.25. The van der Waals surface area contributed by atoms with Gasteiger partial charge in [-0.05, 0) is 32.9 Å². The SMILES string of the molecule is Cc1nn(C(C)c2ccccn2)cc1NC1=NC(C)(N)C(C(F)(F)F)=CN1. The van der Waals surface area contributed by atoms with Crippen LogP contribution in [0.3, 0.4) is 0 Å². The smallest absolute Gasteiger partial charge is 0.332 e. The molecule has 0 fully saturated rings. The minimum Gasteiger partial charge on any atom is -0.332 e. The molecular formula is C17H20F3N7. The van der Waals surface area contributed by atoms with Crippen LogP contribution in [0.1, 0.15) is 31.3 Å². The summed E-state index contributed by atoms with van der Waals surface area (Å²) >= 11 is 0. The molecule has 3 heterocycles. The van der Waals surface area contributed by atoms with E-state index in [9.17, 15) is 13.2 Å². The largest absolute Gasteiger partial charge is 0.417 e. The van der Waals surface area contributed by atoms with Crippen LogP contribution in [0.2, 0.25) is 0 Å². The van der Waals surface area contributed by atoms with Crippen molar-refractivity contribution in [1.29, 1.82) is 0 Å². The Morgan fingerprint density at radius 3 is 2.67 bits per heavy atom. The quantitative estimate of drug-likeness (QED) is 0.763. The Morgan fingerprint density at radius 1 is 1.33 bits per heavy atom. The van der Waals surface area contributed by atoms with Crippen molar-refractivity contribution in [3.8, 4) is 0 Å². The maximum atomic E-state index is 13.0. The molecule has 27 heavy (non-hydrogen) atoms. The average Bonchev–Trinajstić information content (AvgIpc) is 2.93. The minimum atomic E-state index is -4.57. The third-order valence-corrected chi connectivity index (χ3v) is 4.23. The van der Waals surface area contributed by atoms with Crippen molar-refractivity contribution in [2.75, 3.05) is 5.32 Å². The van der Waals surface area contributed by atoms with E-state index in [1.165, 1.54) is 6.92 Å². The predicted octanol–water partition coefficient (Wildman–Crippen LogP) is 2.69. The van der Waals surface area contributed by atoms with Crippen LogP contribution in [0.5, 0.6) is 0 Å². The number of nitrogens with one attached hydrogen (secondary N) is 2. The minimum absolute atomic E-state index is 0.112. The first-order chi connectivity index (χ1) is 12.6. The number of alkyl halides is 3. The van der Waals surface area contributed by atoms with Gasteiger partial charge >= 0.3 is 6.18 Å². The van der Waals surface area contributed by atoms with Crippen LogP contribution in [0.25, 0.3) is 0 Å². The van der Waals surface area contributed by atoms with E-state index in [1.54, 1.807) is 24.0 Å².